The SMILES string of the molecule is Cc1cc2c(cc1F)c1c(N)ncnc1n2CC(=O)OC(C)(C)C. The molecule has 0 atom stereocenters. The quantitative estimate of drug-likeness (QED) is 0.730. The molecule has 7 heteroatoms. The minimum absolute atomic E-state index is 0.0429. The fourth-order valence-electron chi connectivity index (χ4n) is 2.72. The molecule has 0 amide bonds. The predicted molar refractivity (Wildman–Crippen MR) is 90.0 cm³/mol. The first-order chi connectivity index (χ1) is 11.2. The van der Waals surface area contributed by atoms with Gasteiger partial charge in [-0.15, -0.1) is 0 Å². The van der Waals surface area contributed by atoms with Gasteiger partial charge in [0.05, 0.1) is 10.9 Å². The fourth-order valence-corrected chi connectivity index (χ4v) is 2.72. The van der Waals surface area contributed by atoms with Crippen molar-refractivity contribution in [3.63, 3.8) is 0 Å². The highest BCUT2D eigenvalue weighted by Crippen LogP contribution is 2.32. The van der Waals surface area contributed by atoms with Crippen LogP contribution in [0.5, 0.6) is 0 Å². The normalized spacial score (nSPS) is 12.0. The monoisotopic (exact) mass is 330 g/mol. The molecule has 126 valence electrons. The molecule has 2 aromatic heterocycles. The Morgan fingerprint density at radius 3 is 2.71 bits per heavy atom. The van der Waals surface area contributed by atoms with Gasteiger partial charge in [0.1, 0.15) is 35.8 Å². The van der Waals surface area contributed by atoms with E-state index in [4.69, 9.17) is 10.5 Å². The van der Waals surface area contributed by atoms with Crippen LogP contribution in [0.4, 0.5) is 10.2 Å². The second-order valence-electron chi connectivity index (χ2n) is 6.75. The number of ether oxygens (including phenoxy) is 1. The zero-order chi connectivity index (χ0) is 17.6. The maximum Gasteiger partial charge on any atom is 0.326 e. The number of carbonyl (C=O) groups is 1. The van der Waals surface area contributed by atoms with E-state index in [-0.39, 0.29) is 18.2 Å². The molecule has 24 heavy (non-hydrogen) atoms. The highest BCUT2D eigenvalue weighted by Gasteiger charge is 2.21. The molecular weight excluding hydrogens is 311 g/mol. The van der Waals surface area contributed by atoms with Gasteiger partial charge < -0.3 is 15.0 Å². The summed E-state index contributed by atoms with van der Waals surface area (Å²) in [6.07, 6.45) is 1.32. The van der Waals surface area contributed by atoms with E-state index in [0.29, 0.717) is 27.5 Å². The predicted octanol–water partition coefficient (Wildman–Crippen LogP) is 2.96. The van der Waals surface area contributed by atoms with Crippen LogP contribution in [0.3, 0.4) is 0 Å². The first kappa shape index (κ1) is 16.2. The summed E-state index contributed by atoms with van der Waals surface area (Å²) in [6.45, 7) is 7.03. The van der Waals surface area contributed by atoms with Crippen molar-refractivity contribution in [1.29, 1.82) is 0 Å². The fraction of sp³-hybridized carbons (Fsp3) is 0.353. The van der Waals surface area contributed by atoms with Crippen LogP contribution < -0.4 is 5.73 Å². The van der Waals surface area contributed by atoms with Crippen molar-refractivity contribution in [2.24, 2.45) is 0 Å². The minimum Gasteiger partial charge on any atom is -0.459 e. The zero-order valence-corrected chi connectivity index (χ0v) is 14.1. The lowest BCUT2D eigenvalue weighted by atomic mass is 10.1. The summed E-state index contributed by atoms with van der Waals surface area (Å²) < 4.78 is 21.1. The van der Waals surface area contributed by atoms with Gasteiger partial charge in [-0.2, -0.15) is 0 Å². The number of nitrogens with zero attached hydrogens (tertiary/aromatic N) is 3. The van der Waals surface area contributed by atoms with Crippen molar-refractivity contribution in [2.75, 3.05) is 5.73 Å². The van der Waals surface area contributed by atoms with Gasteiger partial charge in [-0.1, -0.05) is 0 Å². The molecular formula is C17H19FN4O2. The summed E-state index contributed by atoms with van der Waals surface area (Å²) in [5, 5.41) is 1.12. The largest absolute Gasteiger partial charge is 0.459 e. The Hall–Kier alpha value is -2.70. The molecule has 2 heterocycles. The van der Waals surface area contributed by atoms with Gasteiger partial charge in [0.2, 0.25) is 0 Å². The number of nitrogen functional groups attached to an aromatic ring is 1. The number of aromatic nitrogens is 3. The van der Waals surface area contributed by atoms with Crippen molar-refractivity contribution in [1.82, 2.24) is 14.5 Å². The van der Waals surface area contributed by atoms with Gasteiger partial charge in [-0.3, -0.25) is 4.79 Å². The maximum atomic E-state index is 14.0. The molecule has 0 unspecified atom stereocenters. The Labute approximate surface area is 138 Å². The van der Waals surface area contributed by atoms with Gasteiger partial charge >= 0.3 is 5.97 Å². The molecule has 0 saturated heterocycles. The second-order valence-corrected chi connectivity index (χ2v) is 6.75. The Balaban J connectivity index is 2.23. The van der Waals surface area contributed by atoms with Crippen LogP contribution >= 0.6 is 0 Å². The maximum absolute atomic E-state index is 14.0. The number of benzene rings is 1. The first-order valence-electron chi connectivity index (χ1n) is 7.58. The van der Waals surface area contributed by atoms with Crippen LogP contribution in [0.15, 0.2) is 18.5 Å². The van der Waals surface area contributed by atoms with Crippen LogP contribution in [-0.2, 0) is 16.1 Å². The highest BCUT2D eigenvalue weighted by molar-refractivity contribution is 6.11. The van der Waals surface area contributed by atoms with Crippen molar-refractivity contribution < 1.29 is 13.9 Å². The summed E-state index contributed by atoms with van der Waals surface area (Å²) >= 11 is 0. The third kappa shape index (κ3) is 2.77. The number of nitrogens with two attached hydrogens (primary N) is 1. The Bertz CT molecular complexity index is 957. The molecule has 3 aromatic rings. The summed E-state index contributed by atoms with van der Waals surface area (Å²) in [7, 11) is 0. The second kappa shape index (κ2) is 5.43. The van der Waals surface area contributed by atoms with E-state index >= 15 is 0 Å². The summed E-state index contributed by atoms with van der Waals surface area (Å²) in [4.78, 5) is 20.5. The van der Waals surface area contributed by atoms with Gasteiger partial charge in [-0.25, -0.2) is 14.4 Å². The molecule has 0 saturated carbocycles. The van der Waals surface area contributed by atoms with Crippen molar-refractivity contribution in [3.05, 3.63) is 29.8 Å². The smallest absolute Gasteiger partial charge is 0.326 e. The lowest BCUT2D eigenvalue weighted by Gasteiger charge is -2.20. The summed E-state index contributed by atoms with van der Waals surface area (Å²) in [5.41, 5.74) is 6.98. The van der Waals surface area contributed by atoms with Crippen molar-refractivity contribution >= 4 is 33.7 Å². The molecule has 0 aliphatic carbocycles. The summed E-state index contributed by atoms with van der Waals surface area (Å²) in [6, 6.07) is 3.08. The Kier molecular flexibility index (Phi) is 3.66. The van der Waals surface area contributed by atoms with Gasteiger partial charge in [0.15, 0.2) is 0 Å². The lowest BCUT2D eigenvalue weighted by Crippen LogP contribution is -2.26. The molecule has 2 N–H and O–H groups in total. The van der Waals surface area contributed by atoms with Crippen LogP contribution in [0, 0.1) is 12.7 Å². The zero-order valence-electron chi connectivity index (χ0n) is 14.1. The van der Waals surface area contributed by atoms with Gasteiger partial charge in [-0.05, 0) is 45.4 Å². The van der Waals surface area contributed by atoms with Crippen LogP contribution in [0.25, 0.3) is 21.9 Å². The van der Waals surface area contributed by atoms with E-state index < -0.39 is 11.6 Å². The molecule has 0 spiro atoms. The molecule has 1 aromatic carbocycles. The van der Waals surface area contributed by atoms with E-state index in [1.165, 1.54) is 12.4 Å². The molecule has 3 rings (SSSR count). The van der Waals surface area contributed by atoms with Crippen molar-refractivity contribution in [2.45, 2.75) is 39.8 Å². The number of carbonyl (C=O) groups excluding carboxylic acids is 1. The number of fused-ring (bicyclic) bond motifs is 3. The highest BCUT2D eigenvalue weighted by atomic mass is 19.1. The van der Waals surface area contributed by atoms with Crippen molar-refractivity contribution in [3.8, 4) is 0 Å². The third-order valence-electron chi connectivity index (χ3n) is 3.66. The van der Waals surface area contributed by atoms with E-state index in [9.17, 15) is 9.18 Å². The molecule has 0 fully saturated rings. The number of esters is 1. The average Bonchev–Trinajstić information content (AvgIpc) is 2.73. The third-order valence-corrected chi connectivity index (χ3v) is 3.66. The average molecular weight is 330 g/mol. The van der Waals surface area contributed by atoms with Crippen LogP contribution in [-0.4, -0.2) is 26.1 Å². The lowest BCUT2D eigenvalue weighted by molar-refractivity contribution is -0.155. The van der Waals surface area contributed by atoms with Gasteiger partial charge in [0.25, 0.3) is 0 Å². The number of anilines is 1. The number of hydrogen-bond acceptors (Lipinski definition) is 5. The molecule has 6 nitrogen and oxygen atoms in total. The Morgan fingerprint density at radius 2 is 2.04 bits per heavy atom. The number of rotatable bonds is 2. The Morgan fingerprint density at radius 1 is 1.33 bits per heavy atom. The van der Waals surface area contributed by atoms with E-state index in [1.807, 2.05) is 0 Å². The topological polar surface area (TPSA) is 83.0 Å². The van der Waals surface area contributed by atoms with E-state index in [2.05, 4.69) is 9.97 Å². The van der Waals surface area contributed by atoms with E-state index in [0.717, 1.165) is 0 Å². The molecule has 0 radical (unpaired) electrons. The van der Waals surface area contributed by atoms with Crippen LogP contribution in [0.1, 0.15) is 26.3 Å². The minimum atomic E-state index is -0.591. The molecule has 0 aliphatic rings. The van der Waals surface area contributed by atoms with E-state index in [1.54, 1.807) is 38.3 Å². The first-order valence-corrected chi connectivity index (χ1v) is 7.58. The molecule has 0 bridgehead atoms. The number of halogens is 1. The molecule has 0 aliphatic heterocycles. The van der Waals surface area contributed by atoms with Crippen LogP contribution in [0.2, 0.25) is 0 Å². The number of aryl methyl sites for hydroxylation is 1. The summed E-state index contributed by atoms with van der Waals surface area (Å²) in [5.74, 6) is -0.501. The standard InChI is InChI=1S/C17H19FN4O2/c1-9-5-12-10(6-11(9)18)14-15(19)20-8-21-16(14)22(12)7-13(23)24-17(2,3)4/h5-6,8H,7H2,1-4H3,(H2,19,20,21). The number of hydrogen-bond donors (Lipinski definition) is 1. The van der Waals surface area contributed by atoms with Gasteiger partial charge in [0, 0.05) is 5.39 Å².